The fourth-order valence-corrected chi connectivity index (χ4v) is 3.23. The summed E-state index contributed by atoms with van der Waals surface area (Å²) in [6.07, 6.45) is 1.65. The summed E-state index contributed by atoms with van der Waals surface area (Å²) in [5.74, 6) is -0.0761. The Bertz CT molecular complexity index is 754. The van der Waals surface area contributed by atoms with E-state index >= 15 is 0 Å². The lowest BCUT2D eigenvalue weighted by molar-refractivity contribution is -0.141. The molecule has 2 amide bonds. The highest BCUT2D eigenvalue weighted by Gasteiger charge is 2.28. The molecule has 2 aromatic carbocycles. The van der Waals surface area contributed by atoms with Crippen LogP contribution in [0.4, 0.5) is 0 Å². The fourth-order valence-electron chi connectivity index (χ4n) is 3.23. The van der Waals surface area contributed by atoms with E-state index in [-0.39, 0.29) is 17.9 Å². The predicted molar refractivity (Wildman–Crippen MR) is 114 cm³/mol. The Morgan fingerprint density at radius 2 is 1.61 bits per heavy atom. The van der Waals surface area contributed by atoms with Gasteiger partial charge in [-0.15, -0.1) is 0 Å². The SMILES string of the molecule is CC[C@H](C(=O)NC(C)C)N(Cc1ccc(C)cc1)C(=O)CCc1ccccc1. The molecule has 2 aromatic rings. The molecule has 4 nitrogen and oxygen atoms in total. The van der Waals surface area contributed by atoms with Crippen LogP contribution in [0, 0.1) is 6.92 Å². The van der Waals surface area contributed by atoms with Crippen LogP contribution in [0.15, 0.2) is 54.6 Å². The zero-order valence-electron chi connectivity index (χ0n) is 17.4. The van der Waals surface area contributed by atoms with Crippen LogP contribution in [0.5, 0.6) is 0 Å². The fraction of sp³-hybridized carbons (Fsp3) is 0.417. The molecule has 0 aliphatic rings. The van der Waals surface area contributed by atoms with Gasteiger partial charge in [-0.1, -0.05) is 67.1 Å². The normalized spacial score (nSPS) is 11.9. The van der Waals surface area contributed by atoms with Crippen molar-refractivity contribution in [2.45, 2.75) is 65.6 Å². The first-order valence-electron chi connectivity index (χ1n) is 10.1. The molecule has 0 unspecified atom stereocenters. The van der Waals surface area contributed by atoms with E-state index in [0.717, 1.165) is 11.1 Å². The number of aryl methyl sites for hydroxylation is 2. The lowest BCUT2D eigenvalue weighted by Crippen LogP contribution is -2.50. The summed E-state index contributed by atoms with van der Waals surface area (Å²) in [5, 5.41) is 2.96. The zero-order valence-corrected chi connectivity index (χ0v) is 17.4. The summed E-state index contributed by atoms with van der Waals surface area (Å²) in [6, 6.07) is 17.7. The topological polar surface area (TPSA) is 49.4 Å². The van der Waals surface area contributed by atoms with Gasteiger partial charge in [-0.2, -0.15) is 0 Å². The minimum Gasteiger partial charge on any atom is -0.352 e. The third kappa shape index (κ3) is 6.52. The van der Waals surface area contributed by atoms with Crippen LogP contribution < -0.4 is 5.32 Å². The number of hydrogen-bond donors (Lipinski definition) is 1. The summed E-state index contributed by atoms with van der Waals surface area (Å²) < 4.78 is 0. The van der Waals surface area contributed by atoms with Crippen LogP contribution in [0.25, 0.3) is 0 Å². The summed E-state index contributed by atoms with van der Waals surface area (Å²) in [4.78, 5) is 27.6. The van der Waals surface area contributed by atoms with Crippen LogP contribution >= 0.6 is 0 Å². The van der Waals surface area contributed by atoms with Gasteiger partial charge in [-0.25, -0.2) is 0 Å². The number of nitrogens with one attached hydrogen (secondary N) is 1. The van der Waals surface area contributed by atoms with E-state index in [2.05, 4.69) is 5.32 Å². The third-order valence-corrected chi connectivity index (χ3v) is 4.76. The maximum absolute atomic E-state index is 13.1. The molecule has 1 N–H and O–H groups in total. The minimum atomic E-state index is -0.466. The second-order valence-electron chi connectivity index (χ2n) is 7.58. The Morgan fingerprint density at radius 1 is 0.964 bits per heavy atom. The third-order valence-electron chi connectivity index (χ3n) is 4.76. The average molecular weight is 381 g/mol. The van der Waals surface area contributed by atoms with E-state index in [4.69, 9.17) is 0 Å². The number of carbonyl (C=O) groups excluding carboxylic acids is 2. The summed E-state index contributed by atoms with van der Waals surface area (Å²) in [7, 11) is 0. The lowest BCUT2D eigenvalue weighted by Gasteiger charge is -2.31. The number of benzene rings is 2. The highest BCUT2D eigenvalue weighted by atomic mass is 16.2. The van der Waals surface area contributed by atoms with Crippen molar-refractivity contribution in [2.75, 3.05) is 0 Å². The van der Waals surface area contributed by atoms with E-state index in [1.165, 1.54) is 5.56 Å². The minimum absolute atomic E-state index is 0.00943. The molecule has 4 heteroatoms. The van der Waals surface area contributed by atoms with Gasteiger partial charge < -0.3 is 10.2 Å². The molecule has 0 bridgehead atoms. The molecular formula is C24H32N2O2. The number of amides is 2. The summed E-state index contributed by atoms with van der Waals surface area (Å²) in [5.41, 5.74) is 3.34. The summed E-state index contributed by atoms with van der Waals surface area (Å²) in [6.45, 7) is 8.31. The van der Waals surface area contributed by atoms with Crippen molar-refractivity contribution in [1.82, 2.24) is 10.2 Å². The van der Waals surface area contributed by atoms with Crippen LogP contribution in [-0.2, 0) is 22.6 Å². The highest BCUT2D eigenvalue weighted by Crippen LogP contribution is 2.16. The Labute approximate surface area is 169 Å². The molecule has 1 atom stereocenters. The molecule has 0 aliphatic heterocycles. The van der Waals surface area contributed by atoms with Crippen molar-refractivity contribution < 1.29 is 9.59 Å². The van der Waals surface area contributed by atoms with Crippen molar-refractivity contribution in [1.29, 1.82) is 0 Å². The molecule has 0 fully saturated rings. The first kappa shape index (κ1) is 21.7. The van der Waals surface area contributed by atoms with Gasteiger partial charge in [0.1, 0.15) is 6.04 Å². The molecular weight excluding hydrogens is 348 g/mol. The standard InChI is InChI=1S/C24H32N2O2/c1-5-22(24(28)25-18(2)3)26(17-21-13-11-19(4)12-14-21)23(27)16-15-20-9-7-6-8-10-20/h6-14,18,22H,5,15-17H2,1-4H3,(H,25,28)/t22-/m1/s1. The van der Waals surface area contributed by atoms with Crippen LogP contribution in [0.2, 0.25) is 0 Å². The van der Waals surface area contributed by atoms with E-state index in [1.807, 2.05) is 82.3 Å². The number of carbonyl (C=O) groups is 2. The zero-order chi connectivity index (χ0) is 20.5. The Kier molecular flexibility index (Phi) is 8.24. The molecule has 0 heterocycles. The van der Waals surface area contributed by atoms with Gasteiger partial charge in [0.15, 0.2) is 0 Å². The van der Waals surface area contributed by atoms with Gasteiger partial charge in [0.25, 0.3) is 0 Å². The molecule has 0 aliphatic carbocycles. The smallest absolute Gasteiger partial charge is 0.243 e. The van der Waals surface area contributed by atoms with Crippen molar-refractivity contribution in [3.05, 3.63) is 71.3 Å². The Hall–Kier alpha value is -2.62. The van der Waals surface area contributed by atoms with Gasteiger partial charge in [0.05, 0.1) is 0 Å². The number of nitrogens with zero attached hydrogens (tertiary/aromatic N) is 1. The largest absolute Gasteiger partial charge is 0.352 e. The van der Waals surface area contributed by atoms with Gasteiger partial charge in [-0.3, -0.25) is 9.59 Å². The monoisotopic (exact) mass is 380 g/mol. The van der Waals surface area contributed by atoms with Crippen molar-refractivity contribution in [2.24, 2.45) is 0 Å². The van der Waals surface area contributed by atoms with Crippen LogP contribution in [0.1, 0.15) is 50.3 Å². The number of rotatable bonds is 9. The average Bonchev–Trinajstić information content (AvgIpc) is 2.67. The molecule has 2 rings (SSSR count). The maximum Gasteiger partial charge on any atom is 0.243 e. The molecule has 0 saturated carbocycles. The van der Waals surface area contributed by atoms with Crippen molar-refractivity contribution in [3.63, 3.8) is 0 Å². The van der Waals surface area contributed by atoms with Crippen LogP contribution in [0.3, 0.4) is 0 Å². The lowest BCUT2D eigenvalue weighted by atomic mass is 10.1. The van der Waals surface area contributed by atoms with Gasteiger partial charge in [-0.05, 0) is 44.7 Å². The molecule has 28 heavy (non-hydrogen) atoms. The second-order valence-corrected chi connectivity index (χ2v) is 7.58. The first-order chi connectivity index (χ1) is 13.4. The van der Waals surface area contributed by atoms with Gasteiger partial charge in [0, 0.05) is 19.0 Å². The van der Waals surface area contributed by atoms with Crippen molar-refractivity contribution >= 4 is 11.8 Å². The quantitative estimate of drug-likeness (QED) is 0.707. The van der Waals surface area contributed by atoms with Crippen LogP contribution in [-0.4, -0.2) is 28.8 Å². The number of hydrogen-bond acceptors (Lipinski definition) is 2. The molecule has 0 radical (unpaired) electrons. The summed E-state index contributed by atoms with van der Waals surface area (Å²) >= 11 is 0. The highest BCUT2D eigenvalue weighted by molar-refractivity contribution is 5.87. The molecule has 0 spiro atoms. The Morgan fingerprint density at radius 3 is 2.18 bits per heavy atom. The van der Waals surface area contributed by atoms with Crippen molar-refractivity contribution in [3.8, 4) is 0 Å². The van der Waals surface area contributed by atoms with E-state index in [1.54, 1.807) is 4.90 Å². The van der Waals surface area contributed by atoms with Gasteiger partial charge >= 0.3 is 0 Å². The van der Waals surface area contributed by atoms with Gasteiger partial charge in [0.2, 0.25) is 11.8 Å². The predicted octanol–water partition coefficient (Wildman–Crippen LogP) is 4.26. The molecule has 0 saturated heterocycles. The molecule has 150 valence electrons. The van der Waals surface area contributed by atoms with E-state index in [9.17, 15) is 9.59 Å². The van der Waals surface area contributed by atoms with E-state index in [0.29, 0.717) is 25.8 Å². The maximum atomic E-state index is 13.1. The first-order valence-corrected chi connectivity index (χ1v) is 10.1. The molecule has 0 aromatic heterocycles. The second kappa shape index (κ2) is 10.6. The van der Waals surface area contributed by atoms with E-state index < -0.39 is 6.04 Å². The Balaban J connectivity index is 2.18.